The van der Waals surface area contributed by atoms with Crippen LogP contribution in [0, 0.1) is 0 Å². The monoisotopic (exact) mass is 268 g/mol. The van der Waals surface area contributed by atoms with Gasteiger partial charge in [-0.25, -0.2) is 0 Å². The highest BCUT2D eigenvalue weighted by molar-refractivity contribution is 6.32. The lowest BCUT2D eigenvalue weighted by Crippen LogP contribution is -2.26. The molecule has 1 aromatic rings. The minimum atomic E-state index is 0.303. The van der Waals surface area contributed by atoms with Gasteiger partial charge in [-0.3, -0.25) is 4.90 Å². The molecular weight excluding hydrogens is 252 g/mol. The molecule has 4 nitrogen and oxygen atoms in total. The molecule has 0 aromatic heterocycles. The van der Waals surface area contributed by atoms with Gasteiger partial charge in [0, 0.05) is 25.7 Å². The molecular formula is C13H17ClN2O2. The lowest BCUT2D eigenvalue weighted by Gasteiger charge is -2.22. The van der Waals surface area contributed by atoms with Crippen LogP contribution >= 0.6 is 11.6 Å². The van der Waals surface area contributed by atoms with E-state index in [-0.39, 0.29) is 0 Å². The predicted octanol–water partition coefficient (Wildman–Crippen LogP) is 1.64. The quantitative estimate of drug-likeness (QED) is 0.886. The smallest absolute Gasteiger partial charge is 0.179 e. The number of likely N-dealkylation sites (tertiary alicyclic amines) is 1. The van der Waals surface area contributed by atoms with Crippen molar-refractivity contribution in [2.24, 2.45) is 5.73 Å². The van der Waals surface area contributed by atoms with Crippen LogP contribution in [0.1, 0.15) is 12.0 Å². The average Bonchev–Trinajstić information content (AvgIpc) is 2.75. The third-order valence-electron chi connectivity index (χ3n) is 3.37. The normalized spacial score (nSPS) is 23.3. The molecule has 2 N–H and O–H groups in total. The summed E-state index contributed by atoms with van der Waals surface area (Å²) in [6, 6.07) is 4.28. The van der Waals surface area contributed by atoms with Gasteiger partial charge in [-0.05, 0) is 24.1 Å². The second-order valence-electron chi connectivity index (χ2n) is 4.89. The van der Waals surface area contributed by atoms with Crippen LogP contribution in [0.3, 0.4) is 0 Å². The maximum absolute atomic E-state index is 6.21. The fourth-order valence-corrected chi connectivity index (χ4v) is 2.81. The first kappa shape index (κ1) is 12.1. The summed E-state index contributed by atoms with van der Waals surface area (Å²) in [5.41, 5.74) is 7.06. The Kier molecular flexibility index (Phi) is 3.33. The fraction of sp³-hybridized carbons (Fsp3) is 0.538. The van der Waals surface area contributed by atoms with Crippen LogP contribution in [0.2, 0.25) is 5.02 Å². The number of hydrogen-bond donors (Lipinski definition) is 1. The van der Waals surface area contributed by atoms with E-state index in [2.05, 4.69) is 4.90 Å². The summed E-state index contributed by atoms with van der Waals surface area (Å²) in [5.74, 6) is 1.43. The van der Waals surface area contributed by atoms with Crippen molar-refractivity contribution in [1.82, 2.24) is 4.90 Å². The van der Waals surface area contributed by atoms with E-state index in [0.717, 1.165) is 37.4 Å². The summed E-state index contributed by atoms with van der Waals surface area (Å²) in [7, 11) is 0. The highest BCUT2D eigenvalue weighted by Crippen LogP contribution is 2.38. The van der Waals surface area contributed by atoms with E-state index in [4.69, 9.17) is 26.8 Å². The maximum atomic E-state index is 6.21. The van der Waals surface area contributed by atoms with Gasteiger partial charge in [-0.2, -0.15) is 0 Å². The highest BCUT2D eigenvalue weighted by Gasteiger charge is 2.21. The molecule has 0 saturated carbocycles. The zero-order valence-electron chi connectivity index (χ0n) is 10.2. The highest BCUT2D eigenvalue weighted by atomic mass is 35.5. The van der Waals surface area contributed by atoms with E-state index in [9.17, 15) is 0 Å². The van der Waals surface area contributed by atoms with Gasteiger partial charge in [0.15, 0.2) is 11.5 Å². The molecule has 0 aliphatic carbocycles. The Morgan fingerprint density at radius 1 is 1.33 bits per heavy atom. The van der Waals surface area contributed by atoms with E-state index in [1.165, 1.54) is 0 Å². The Morgan fingerprint density at radius 2 is 2.17 bits per heavy atom. The lowest BCUT2D eigenvalue weighted by molar-refractivity contribution is 0.171. The summed E-state index contributed by atoms with van der Waals surface area (Å²) >= 11 is 6.21. The van der Waals surface area contributed by atoms with Crippen molar-refractivity contribution in [1.29, 1.82) is 0 Å². The number of benzene rings is 1. The molecule has 2 aliphatic heterocycles. The number of nitrogens with zero attached hydrogens (tertiary/aromatic N) is 1. The molecule has 5 heteroatoms. The SMILES string of the molecule is N[C@@H]1CCN(Cc2cc(Cl)c3c(c2)OCCO3)C1. The number of nitrogens with two attached hydrogens (primary N) is 1. The minimum Gasteiger partial charge on any atom is -0.486 e. The first-order valence-electron chi connectivity index (χ1n) is 6.28. The molecule has 2 heterocycles. The predicted molar refractivity (Wildman–Crippen MR) is 70.3 cm³/mol. The molecule has 1 atom stereocenters. The van der Waals surface area contributed by atoms with E-state index in [1.807, 2.05) is 12.1 Å². The second-order valence-corrected chi connectivity index (χ2v) is 5.29. The van der Waals surface area contributed by atoms with Crippen molar-refractivity contribution in [3.8, 4) is 11.5 Å². The fourth-order valence-electron chi connectivity index (χ4n) is 2.52. The van der Waals surface area contributed by atoms with Crippen LogP contribution in [0.25, 0.3) is 0 Å². The Balaban J connectivity index is 1.78. The minimum absolute atomic E-state index is 0.303. The second kappa shape index (κ2) is 4.96. The van der Waals surface area contributed by atoms with Crippen molar-refractivity contribution in [2.45, 2.75) is 19.0 Å². The van der Waals surface area contributed by atoms with Crippen LogP contribution in [0.15, 0.2) is 12.1 Å². The van der Waals surface area contributed by atoms with Crippen LogP contribution in [0.4, 0.5) is 0 Å². The molecule has 0 spiro atoms. The van der Waals surface area contributed by atoms with Crippen LogP contribution in [-0.4, -0.2) is 37.2 Å². The first-order chi connectivity index (χ1) is 8.72. The summed E-state index contributed by atoms with van der Waals surface area (Å²) in [5, 5.41) is 0.630. The van der Waals surface area contributed by atoms with E-state index in [0.29, 0.717) is 30.0 Å². The molecule has 1 fully saturated rings. The van der Waals surface area contributed by atoms with Crippen LogP contribution < -0.4 is 15.2 Å². The zero-order valence-corrected chi connectivity index (χ0v) is 10.9. The van der Waals surface area contributed by atoms with Crippen molar-refractivity contribution in [3.63, 3.8) is 0 Å². The van der Waals surface area contributed by atoms with Gasteiger partial charge in [0.05, 0.1) is 5.02 Å². The number of fused-ring (bicyclic) bond motifs is 1. The van der Waals surface area contributed by atoms with Gasteiger partial charge < -0.3 is 15.2 Å². The Morgan fingerprint density at radius 3 is 2.94 bits per heavy atom. The molecule has 0 amide bonds. The van der Waals surface area contributed by atoms with E-state index in [1.54, 1.807) is 0 Å². The summed E-state index contributed by atoms with van der Waals surface area (Å²) < 4.78 is 11.1. The third-order valence-corrected chi connectivity index (χ3v) is 3.65. The molecule has 1 aromatic carbocycles. The maximum Gasteiger partial charge on any atom is 0.179 e. The standard InChI is InChI=1S/C13H17ClN2O2/c14-11-5-9(7-16-2-1-10(15)8-16)6-12-13(11)18-4-3-17-12/h5-6,10H,1-4,7-8,15H2/t10-/m1/s1. The number of hydrogen-bond acceptors (Lipinski definition) is 4. The zero-order chi connectivity index (χ0) is 12.5. The molecule has 18 heavy (non-hydrogen) atoms. The summed E-state index contributed by atoms with van der Waals surface area (Å²) in [4.78, 5) is 2.34. The lowest BCUT2D eigenvalue weighted by atomic mass is 10.2. The number of rotatable bonds is 2. The average molecular weight is 269 g/mol. The molecule has 0 bridgehead atoms. The molecule has 0 unspecified atom stereocenters. The van der Waals surface area contributed by atoms with Crippen LogP contribution in [0.5, 0.6) is 11.5 Å². The van der Waals surface area contributed by atoms with Gasteiger partial charge in [0.2, 0.25) is 0 Å². The number of ether oxygens (including phenoxy) is 2. The van der Waals surface area contributed by atoms with Crippen molar-refractivity contribution in [2.75, 3.05) is 26.3 Å². The molecule has 98 valence electrons. The van der Waals surface area contributed by atoms with Crippen molar-refractivity contribution in [3.05, 3.63) is 22.7 Å². The van der Waals surface area contributed by atoms with Gasteiger partial charge >= 0.3 is 0 Å². The topological polar surface area (TPSA) is 47.7 Å². The number of halogens is 1. The van der Waals surface area contributed by atoms with Gasteiger partial charge in [-0.15, -0.1) is 0 Å². The molecule has 1 saturated heterocycles. The van der Waals surface area contributed by atoms with Crippen molar-refractivity contribution < 1.29 is 9.47 Å². The van der Waals surface area contributed by atoms with E-state index >= 15 is 0 Å². The van der Waals surface area contributed by atoms with Gasteiger partial charge in [-0.1, -0.05) is 11.6 Å². The van der Waals surface area contributed by atoms with Crippen LogP contribution in [-0.2, 0) is 6.54 Å². The Bertz CT molecular complexity index is 453. The van der Waals surface area contributed by atoms with Gasteiger partial charge in [0.25, 0.3) is 0 Å². The molecule has 2 aliphatic rings. The van der Waals surface area contributed by atoms with Crippen molar-refractivity contribution >= 4 is 11.6 Å². The molecule has 3 rings (SSSR count). The first-order valence-corrected chi connectivity index (χ1v) is 6.66. The molecule has 0 radical (unpaired) electrons. The largest absolute Gasteiger partial charge is 0.486 e. The Hall–Kier alpha value is -0.970. The summed E-state index contributed by atoms with van der Waals surface area (Å²) in [6.07, 6.45) is 1.07. The van der Waals surface area contributed by atoms with E-state index < -0.39 is 0 Å². The Labute approximate surface area is 112 Å². The summed E-state index contributed by atoms with van der Waals surface area (Å²) in [6.45, 7) is 4.01. The third kappa shape index (κ3) is 2.41. The van der Waals surface area contributed by atoms with Gasteiger partial charge in [0.1, 0.15) is 13.2 Å².